The van der Waals surface area contributed by atoms with Gasteiger partial charge in [0.2, 0.25) is 5.88 Å². The summed E-state index contributed by atoms with van der Waals surface area (Å²) in [5.74, 6) is 0.235. The molecule has 0 saturated carbocycles. The Morgan fingerprint density at radius 2 is 2.33 bits per heavy atom. The summed E-state index contributed by atoms with van der Waals surface area (Å²) in [6.45, 7) is 1.37. The van der Waals surface area contributed by atoms with Crippen LogP contribution in [-0.2, 0) is 4.79 Å². The third-order valence-electron chi connectivity index (χ3n) is 2.56. The van der Waals surface area contributed by atoms with E-state index in [1.165, 1.54) is 14.0 Å². The van der Waals surface area contributed by atoms with Gasteiger partial charge in [0.1, 0.15) is 6.07 Å². The van der Waals surface area contributed by atoms with Crippen molar-refractivity contribution in [2.75, 3.05) is 7.11 Å². The predicted molar refractivity (Wildman–Crippen MR) is 66.9 cm³/mol. The number of allylic oxidation sites excluding steroid dienone is 1. The summed E-state index contributed by atoms with van der Waals surface area (Å²) in [6.07, 6.45) is 1.55. The fourth-order valence-corrected chi connectivity index (χ4v) is 1.63. The number of nitriles is 1. The van der Waals surface area contributed by atoms with Crippen molar-refractivity contribution in [2.45, 2.75) is 6.92 Å². The van der Waals surface area contributed by atoms with Crippen LogP contribution in [0.5, 0.6) is 5.88 Å². The number of hydrogen-bond donors (Lipinski definition) is 1. The van der Waals surface area contributed by atoms with E-state index < -0.39 is 0 Å². The number of aromatic nitrogens is 2. The number of fused-ring (bicyclic) bond motifs is 1. The van der Waals surface area contributed by atoms with Gasteiger partial charge in [0.15, 0.2) is 5.78 Å². The van der Waals surface area contributed by atoms with Gasteiger partial charge in [0.25, 0.3) is 0 Å². The molecule has 0 radical (unpaired) electrons. The topological polar surface area (TPSA) is 78.8 Å². The van der Waals surface area contributed by atoms with Crippen LogP contribution in [0.1, 0.15) is 12.5 Å². The van der Waals surface area contributed by atoms with E-state index in [2.05, 4.69) is 10.2 Å². The predicted octanol–water partition coefficient (Wildman–Crippen LogP) is 2.07. The van der Waals surface area contributed by atoms with Crippen LogP contribution in [-0.4, -0.2) is 23.1 Å². The van der Waals surface area contributed by atoms with Crippen molar-refractivity contribution < 1.29 is 9.53 Å². The molecule has 0 fully saturated rings. The largest absolute Gasteiger partial charge is 0.480 e. The van der Waals surface area contributed by atoms with Gasteiger partial charge in [-0.3, -0.25) is 9.89 Å². The van der Waals surface area contributed by atoms with Crippen molar-refractivity contribution >= 4 is 22.8 Å². The van der Waals surface area contributed by atoms with Gasteiger partial charge in [-0.05, 0) is 30.7 Å². The van der Waals surface area contributed by atoms with Crippen LogP contribution in [0.4, 0.5) is 0 Å². The van der Waals surface area contributed by atoms with Crippen LogP contribution >= 0.6 is 0 Å². The summed E-state index contributed by atoms with van der Waals surface area (Å²) in [4.78, 5) is 11.2. The molecular formula is C13H11N3O2. The average Bonchev–Trinajstić information content (AvgIpc) is 2.77. The lowest BCUT2D eigenvalue weighted by atomic mass is 10.1. The van der Waals surface area contributed by atoms with Crippen LogP contribution in [0, 0.1) is 11.3 Å². The first kappa shape index (κ1) is 11.9. The van der Waals surface area contributed by atoms with Gasteiger partial charge >= 0.3 is 0 Å². The molecule has 0 aliphatic heterocycles. The van der Waals surface area contributed by atoms with Crippen LogP contribution in [0.2, 0.25) is 0 Å². The number of nitrogens with one attached hydrogen (secondary N) is 1. The first-order chi connectivity index (χ1) is 8.65. The maximum atomic E-state index is 11.2. The van der Waals surface area contributed by atoms with E-state index in [0.717, 1.165) is 16.5 Å². The van der Waals surface area contributed by atoms with Gasteiger partial charge in [-0.25, -0.2) is 0 Å². The molecular weight excluding hydrogens is 230 g/mol. The maximum Gasteiger partial charge on any atom is 0.240 e. The molecule has 0 amide bonds. The molecule has 1 aromatic heterocycles. The molecule has 2 rings (SSSR count). The highest BCUT2D eigenvalue weighted by molar-refractivity contribution is 6.02. The Hall–Kier alpha value is -2.61. The average molecular weight is 241 g/mol. The fraction of sp³-hybridized carbons (Fsp3) is 0.154. The van der Waals surface area contributed by atoms with E-state index in [0.29, 0.717) is 5.88 Å². The molecule has 1 aromatic carbocycles. The number of rotatable bonds is 3. The first-order valence-electron chi connectivity index (χ1n) is 5.30. The molecule has 5 nitrogen and oxygen atoms in total. The summed E-state index contributed by atoms with van der Waals surface area (Å²) in [6, 6.07) is 7.33. The Labute approximate surface area is 104 Å². The van der Waals surface area contributed by atoms with Crippen molar-refractivity contribution in [2.24, 2.45) is 0 Å². The Bertz CT molecular complexity index is 677. The Balaban J connectivity index is 2.53. The quantitative estimate of drug-likeness (QED) is 0.659. The molecule has 0 unspecified atom stereocenters. The SMILES string of the molecule is COc1n[nH]c2ccc(C=C(C#N)C(C)=O)cc12. The third-order valence-corrected chi connectivity index (χ3v) is 2.56. The van der Waals surface area contributed by atoms with Gasteiger partial charge in [-0.15, -0.1) is 5.10 Å². The normalized spacial score (nSPS) is 11.3. The Morgan fingerprint density at radius 1 is 1.56 bits per heavy atom. The molecule has 5 heteroatoms. The number of benzene rings is 1. The van der Waals surface area contributed by atoms with Crippen LogP contribution in [0.25, 0.3) is 17.0 Å². The molecule has 0 atom stereocenters. The fourth-order valence-electron chi connectivity index (χ4n) is 1.63. The number of Topliss-reactive ketones (excluding diaryl/α,β-unsaturated/α-hetero) is 1. The molecule has 2 aromatic rings. The summed E-state index contributed by atoms with van der Waals surface area (Å²) < 4.78 is 5.11. The van der Waals surface area contributed by atoms with Crippen molar-refractivity contribution in [3.63, 3.8) is 0 Å². The highest BCUT2D eigenvalue weighted by Crippen LogP contribution is 2.24. The zero-order valence-electron chi connectivity index (χ0n) is 10.0. The minimum absolute atomic E-state index is 0.122. The number of methoxy groups -OCH3 is 1. The molecule has 1 N–H and O–H groups in total. The van der Waals surface area contributed by atoms with Gasteiger partial charge < -0.3 is 4.74 Å². The van der Waals surface area contributed by atoms with Crippen molar-refractivity contribution in [1.82, 2.24) is 10.2 Å². The van der Waals surface area contributed by atoms with Crippen LogP contribution < -0.4 is 4.74 Å². The molecule has 0 bridgehead atoms. The smallest absolute Gasteiger partial charge is 0.240 e. The van der Waals surface area contributed by atoms with E-state index in [1.807, 2.05) is 18.2 Å². The van der Waals surface area contributed by atoms with Crippen LogP contribution in [0.15, 0.2) is 23.8 Å². The second kappa shape index (κ2) is 4.72. The summed E-state index contributed by atoms with van der Waals surface area (Å²) >= 11 is 0. The number of hydrogen-bond acceptors (Lipinski definition) is 4. The van der Waals surface area contributed by atoms with E-state index in [1.54, 1.807) is 12.1 Å². The van der Waals surface area contributed by atoms with Crippen molar-refractivity contribution in [3.05, 3.63) is 29.3 Å². The monoisotopic (exact) mass is 241 g/mol. The summed E-state index contributed by atoms with van der Waals surface area (Å²) in [7, 11) is 1.54. The molecule has 0 aliphatic carbocycles. The third kappa shape index (κ3) is 2.09. The minimum atomic E-state index is -0.253. The molecule has 0 aliphatic rings. The number of carbonyl (C=O) groups is 1. The maximum absolute atomic E-state index is 11.2. The second-order valence-electron chi connectivity index (χ2n) is 3.76. The lowest BCUT2D eigenvalue weighted by Crippen LogP contribution is -1.92. The molecule has 0 saturated heterocycles. The summed E-state index contributed by atoms with van der Waals surface area (Å²) in [5.41, 5.74) is 1.72. The lowest BCUT2D eigenvalue weighted by molar-refractivity contribution is -0.113. The minimum Gasteiger partial charge on any atom is -0.480 e. The van der Waals surface area contributed by atoms with Gasteiger partial charge in [0.05, 0.1) is 23.6 Å². The standard InChI is InChI=1S/C13H11N3O2/c1-8(17)10(7-14)5-9-3-4-12-11(6-9)13(18-2)16-15-12/h3-6H,1-2H3,(H,15,16). The molecule has 1 heterocycles. The highest BCUT2D eigenvalue weighted by atomic mass is 16.5. The van der Waals surface area contributed by atoms with E-state index in [-0.39, 0.29) is 11.4 Å². The number of ketones is 1. The number of ether oxygens (including phenoxy) is 1. The number of carbonyl (C=O) groups excluding carboxylic acids is 1. The zero-order valence-corrected chi connectivity index (χ0v) is 10.0. The molecule has 18 heavy (non-hydrogen) atoms. The van der Waals surface area contributed by atoms with E-state index >= 15 is 0 Å². The second-order valence-corrected chi connectivity index (χ2v) is 3.76. The first-order valence-corrected chi connectivity index (χ1v) is 5.30. The van der Waals surface area contributed by atoms with Gasteiger partial charge in [0, 0.05) is 0 Å². The van der Waals surface area contributed by atoms with Crippen molar-refractivity contribution in [1.29, 1.82) is 5.26 Å². The van der Waals surface area contributed by atoms with Crippen molar-refractivity contribution in [3.8, 4) is 11.9 Å². The van der Waals surface area contributed by atoms with Gasteiger partial charge in [-0.1, -0.05) is 6.07 Å². The number of H-pyrrole nitrogens is 1. The number of nitrogens with zero attached hydrogens (tertiary/aromatic N) is 2. The molecule has 90 valence electrons. The lowest BCUT2D eigenvalue weighted by Gasteiger charge is -1.97. The Morgan fingerprint density at radius 3 is 2.94 bits per heavy atom. The number of aromatic amines is 1. The van der Waals surface area contributed by atoms with Gasteiger partial charge in [-0.2, -0.15) is 5.26 Å². The Kier molecular flexibility index (Phi) is 3.11. The van der Waals surface area contributed by atoms with Crippen LogP contribution in [0.3, 0.4) is 0 Å². The van der Waals surface area contributed by atoms with E-state index in [4.69, 9.17) is 10.00 Å². The highest BCUT2D eigenvalue weighted by Gasteiger charge is 2.07. The van der Waals surface area contributed by atoms with E-state index in [9.17, 15) is 4.79 Å². The summed E-state index contributed by atoms with van der Waals surface area (Å²) in [5, 5.41) is 16.5. The zero-order chi connectivity index (χ0) is 13.1. The molecule has 0 spiro atoms.